The zero-order valence-electron chi connectivity index (χ0n) is 9.28. The van der Waals surface area contributed by atoms with Gasteiger partial charge in [0.2, 0.25) is 0 Å². The van der Waals surface area contributed by atoms with Crippen molar-refractivity contribution in [3.8, 4) is 0 Å². The maximum Gasteiger partial charge on any atom is 0.0233 e. The lowest BCUT2D eigenvalue weighted by Crippen LogP contribution is -2.18. The first-order valence-corrected chi connectivity index (χ1v) is 6.23. The summed E-state index contributed by atoms with van der Waals surface area (Å²) in [6.07, 6.45) is 5.60. The third kappa shape index (κ3) is 2.23. The smallest absolute Gasteiger partial charge is 0.0233 e. The Morgan fingerprint density at radius 2 is 1.93 bits per heavy atom. The molecule has 1 aliphatic heterocycles. The molecule has 2 fully saturated rings. The fourth-order valence-electron chi connectivity index (χ4n) is 2.56. The van der Waals surface area contributed by atoms with E-state index in [4.69, 9.17) is 0 Å². The molecule has 15 heavy (non-hydrogen) atoms. The standard InChI is InChI=1S/C14H19N/c1-2-9-15(8-1)11-12-4-3-5-14(10-12)13-6-7-13/h3-5,10,13H,1-2,6-9,11H2. The normalized spacial score (nSPS) is 22.1. The van der Waals surface area contributed by atoms with Crippen LogP contribution in [0.5, 0.6) is 0 Å². The Morgan fingerprint density at radius 1 is 1.13 bits per heavy atom. The maximum absolute atomic E-state index is 2.58. The van der Waals surface area contributed by atoms with Crippen LogP contribution in [0.1, 0.15) is 42.7 Å². The van der Waals surface area contributed by atoms with Crippen LogP contribution in [0.2, 0.25) is 0 Å². The zero-order chi connectivity index (χ0) is 10.1. The molecule has 0 unspecified atom stereocenters. The van der Waals surface area contributed by atoms with Crippen LogP contribution in [0.25, 0.3) is 0 Å². The van der Waals surface area contributed by atoms with Gasteiger partial charge >= 0.3 is 0 Å². The fourth-order valence-corrected chi connectivity index (χ4v) is 2.56. The Hall–Kier alpha value is -0.820. The molecule has 80 valence electrons. The molecule has 1 nitrogen and oxygen atoms in total. The van der Waals surface area contributed by atoms with E-state index >= 15 is 0 Å². The molecular weight excluding hydrogens is 182 g/mol. The number of benzene rings is 1. The Labute approximate surface area is 92.1 Å². The summed E-state index contributed by atoms with van der Waals surface area (Å²) in [4.78, 5) is 2.58. The van der Waals surface area contributed by atoms with Gasteiger partial charge in [-0.15, -0.1) is 0 Å². The van der Waals surface area contributed by atoms with E-state index in [0.29, 0.717) is 0 Å². The third-order valence-electron chi connectivity index (χ3n) is 3.60. The molecule has 2 aliphatic rings. The minimum Gasteiger partial charge on any atom is -0.299 e. The summed E-state index contributed by atoms with van der Waals surface area (Å²) in [6.45, 7) is 3.77. The molecule has 0 atom stereocenters. The first-order chi connectivity index (χ1) is 7.42. The van der Waals surface area contributed by atoms with Crippen LogP contribution < -0.4 is 0 Å². The predicted molar refractivity (Wildman–Crippen MR) is 62.9 cm³/mol. The SMILES string of the molecule is c1cc(CN2CCCC2)cc(C2CC2)c1. The topological polar surface area (TPSA) is 3.24 Å². The average molecular weight is 201 g/mol. The van der Waals surface area contributed by atoms with Gasteiger partial charge in [-0.2, -0.15) is 0 Å². The quantitative estimate of drug-likeness (QED) is 0.726. The molecule has 1 aromatic carbocycles. The van der Waals surface area contributed by atoms with Gasteiger partial charge in [-0.25, -0.2) is 0 Å². The van der Waals surface area contributed by atoms with Gasteiger partial charge in [0, 0.05) is 6.54 Å². The van der Waals surface area contributed by atoms with Crippen LogP contribution >= 0.6 is 0 Å². The number of nitrogens with zero attached hydrogens (tertiary/aromatic N) is 1. The van der Waals surface area contributed by atoms with Crippen LogP contribution in [0.3, 0.4) is 0 Å². The van der Waals surface area contributed by atoms with Crippen molar-refractivity contribution in [1.82, 2.24) is 4.90 Å². The van der Waals surface area contributed by atoms with Crippen LogP contribution in [0.4, 0.5) is 0 Å². The van der Waals surface area contributed by atoms with Gasteiger partial charge < -0.3 is 0 Å². The molecule has 0 radical (unpaired) electrons. The molecular formula is C14H19N. The maximum atomic E-state index is 2.58. The van der Waals surface area contributed by atoms with Gasteiger partial charge in [-0.3, -0.25) is 4.90 Å². The van der Waals surface area contributed by atoms with Crippen LogP contribution in [0, 0.1) is 0 Å². The molecule has 1 heteroatoms. The summed E-state index contributed by atoms with van der Waals surface area (Å²) in [5, 5.41) is 0. The monoisotopic (exact) mass is 201 g/mol. The second-order valence-corrected chi connectivity index (χ2v) is 5.00. The number of likely N-dealkylation sites (tertiary alicyclic amines) is 1. The van der Waals surface area contributed by atoms with Crippen molar-refractivity contribution in [1.29, 1.82) is 0 Å². The zero-order valence-corrected chi connectivity index (χ0v) is 9.28. The van der Waals surface area contributed by atoms with Gasteiger partial charge in [0.05, 0.1) is 0 Å². The van der Waals surface area contributed by atoms with E-state index in [9.17, 15) is 0 Å². The molecule has 1 saturated carbocycles. The van der Waals surface area contributed by atoms with Crippen molar-refractivity contribution in [2.45, 2.75) is 38.1 Å². The van der Waals surface area contributed by atoms with E-state index < -0.39 is 0 Å². The molecule has 0 aromatic heterocycles. The summed E-state index contributed by atoms with van der Waals surface area (Å²) >= 11 is 0. The van der Waals surface area contributed by atoms with E-state index in [-0.39, 0.29) is 0 Å². The summed E-state index contributed by atoms with van der Waals surface area (Å²) in [6, 6.07) is 9.24. The fraction of sp³-hybridized carbons (Fsp3) is 0.571. The molecule has 3 rings (SSSR count). The summed E-state index contributed by atoms with van der Waals surface area (Å²) < 4.78 is 0. The van der Waals surface area contributed by atoms with Gasteiger partial charge in [-0.05, 0) is 55.8 Å². The molecule has 1 aromatic rings. The van der Waals surface area contributed by atoms with Gasteiger partial charge in [-0.1, -0.05) is 24.3 Å². The number of rotatable bonds is 3. The van der Waals surface area contributed by atoms with Crippen molar-refractivity contribution in [2.75, 3.05) is 13.1 Å². The molecule has 0 amide bonds. The average Bonchev–Trinajstić information content (AvgIpc) is 3.00. The lowest BCUT2D eigenvalue weighted by Gasteiger charge is -2.15. The van der Waals surface area contributed by atoms with Gasteiger partial charge in [0.25, 0.3) is 0 Å². The molecule has 0 spiro atoms. The highest BCUT2D eigenvalue weighted by molar-refractivity contribution is 5.29. The molecule has 1 heterocycles. The van der Waals surface area contributed by atoms with Gasteiger partial charge in [0.15, 0.2) is 0 Å². The van der Waals surface area contributed by atoms with Crippen LogP contribution in [0.15, 0.2) is 24.3 Å². The van der Waals surface area contributed by atoms with E-state index in [1.165, 1.54) is 50.9 Å². The highest BCUT2D eigenvalue weighted by Crippen LogP contribution is 2.40. The van der Waals surface area contributed by atoms with Gasteiger partial charge in [0.1, 0.15) is 0 Å². The first-order valence-electron chi connectivity index (χ1n) is 6.23. The summed E-state index contributed by atoms with van der Waals surface area (Å²) in [5.74, 6) is 0.892. The van der Waals surface area contributed by atoms with Crippen LogP contribution in [-0.2, 0) is 6.54 Å². The van der Waals surface area contributed by atoms with E-state index in [1.54, 1.807) is 5.56 Å². The lowest BCUT2D eigenvalue weighted by molar-refractivity contribution is 0.331. The van der Waals surface area contributed by atoms with E-state index in [0.717, 1.165) is 5.92 Å². The largest absolute Gasteiger partial charge is 0.299 e. The Kier molecular flexibility index (Phi) is 2.49. The Morgan fingerprint density at radius 3 is 2.67 bits per heavy atom. The van der Waals surface area contributed by atoms with E-state index in [2.05, 4.69) is 29.2 Å². The minimum atomic E-state index is 0.892. The van der Waals surface area contributed by atoms with E-state index in [1.807, 2.05) is 0 Å². The molecule has 1 aliphatic carbocycles. The molecule has 0 bridgehead atoms. The first kappa shape index (κ1) is 9.41. The predicted octanol–water partition coefficient (Wildman–Crippen LogP) is 3.16. The Balaban J connectivity index is 1.70. The third-order valence-corrected chi connectivity index (χ3v) is 3.60. The summed E-state index contributed by atoms with van der Waals surface area (Å²) in [7, 11) is 0. The van der Waals surface area contributed by atoms with Crippen molar-refractivity contribution < 1.29 is 0 Å². The van der Waals surface area contributed by atoms with Crippen LogP contribution in [-0.4, -0.2) is 18.0 Å². The summed E-state index contributed by atoms with van der Waals surface area (Å²) in [5.41, 5.74) is 3.09. The number of hydrogen-bond acceptors (Lipinski definition) is 1. The highest BCUT2D eigenvalue weighted by atomic mass is 15.1. The molecule has 1 saturated heterocycles. The molecule has 0 N–H and O–H groups in total. The van der Waals surface area contributed by atoms with Crippen molar-refractivity contribution >= 4 is 0 Å². The lowest BCUT2D eigenvalue weighted by atomic mass is 10.1. The second kappa shape index (κ2) is 3.97. The van der Waals surface area contributed by atoms with Crippen molar-refractivity contribution in [3.63, 3.8) is 0 Å². The Bertz CT molecular complexity index is 335. The highest BCUT2D eigenvalue weighted by Gasteiger charge is 2.23. The second-order valence-electron chi connectivity index (χ2n) is 5.00. The van der Waals surface area contributed by atoms with Crippen molar-refractivity contribution in [2.24, 2.45) is 0 Å². The van der Waals surface area contributed by atoms with Crippen molar-refractivity contribution in [3.05, 3.63) is 35.4 Å². The number of hydrogen-bond donors (Lipinski definition) is 0. The minimum absolute atomic E-state index is 0.892.